The zero-order valence-corrected chi connectivity index (χ0v) is 8.34. The minimum absolute atomic E-state index is 0.0402. The summed E-state index contributed by atoms with van der Waals surface area (Å²) in [5.74, 6) is -0.480. The molecule has 0 amide bonds. The quantitative estimate of drug-likeness (QED) is 0.423. The molecule has 0 radical (unpaired) electrons. The third-order valence-corrected chi connectivity index (χ3v) is 2.23. The second kappa shape index (κ2) is 3.71. The van der Waals surface area contributed by atoms with Gasteiger partial charge >= 0.3 is 0 Å². The zero-order valence-electron chi connectivity index (χ0n) is 8.34. The molecule has 2 aromatic rings. The number of hydrogen-bond acceptors (Lipinski definition) is 5. The molecule has 7 heteroatoms. The molecule has 0 bridgehead atoms. The summed E-state index contributed by atoms with van der Waals surface area (Å²) in [5, 5.41) is 20.2. The Balaban J connectivity index is 2.98. The second-order valence-corrected chi connectivity index (χ2v) is 3.33. The minimum Gasteiger partial charge on any atom is -0.507 e. The molecule has 7 nitrogen and oxygen atoms in total. The van der Waals surface area contributed by atoms with Crippen LogP contribution in [0.4, 0.5) is 5.69 Å². The highest BCUT2D eigenvalue weighted by molar-refractivity contribution is 5.85. The van der Waals surface area contributed by atoms with E-state index in [1.165, 1.54) is 12.1 Å². The van der Waals surface area contributed by atoms with E-state index >= 15 is 0 Å². The molecule has 0 aliphatic carbocycles. The molecule has 0 fully saturated rings. The largest absolute Gasteiger partial charge is 0.507 e. The van der Waals surface area contributed by atoms with Gasteiger partial charge in [0.15, 0.2) is 0 Å². The predicted octanol–water partition coefficient (Wildman–Crippen LogP) is 0.502. The van der Waals surface area contributed by atoms with E-state index in [1.54, 1.807) is 0 Å². The molecular formula is C10H6N2O5. The standard InChI is InChI=1S/C10H6N2O5/c13-8-4-9(14)10(15)11-7-2-1-5(12(16)17)3-6(7)8/h1-4,13H,(H,11,14,15). The molecule has 86 valence electrons. The van der Waals surface area contributed by atoms with Gasteiger partial charge in [-0.05, 0) is 6.07 Å². The first-order valence-electron chi connectivity index (χ1n) is 4.54. The lowest BCUT2D eigenvalue weighted by atomic mass is 10.2. The topological polar surface area (TPSA) is 113 Å². The van der Waals surface area contributed by atoms with Crippen LogP contribution in [0, 0.1) is 10.1 Å². The van der Waals surface area contributed by atoms with E-state index in [0.29, 0.717) is 0 Å². The lowest BCUT2D eigenvalue weighted by Gasteiger charge is -1.95. The van der Waals surface area contributed by atoms with E-state index in [1.807, 2.05) is 0 Å². The SMILES string of the molecule is O=c1cc(O)c2cc([N+](=O)[O-])ccc2[nH]c1=O. The first-order valence-corrected chi connectivity index (χ1v) is 4.54. The average molecular weight is 234 g/mol. The number of aromatic nitrogens is 1. The van der Waals surface area contributed by atoms with Crippen molar-refractivity contribution in [1.29, 1.82) is 0 Å². The highest BCUT2D eigenvalue weighted by Gasteiger charge is 2.09. The van der Waals surface area contributed by atoms with Gasteiger partial charge in [0.25, 0.3) is 11.2 Å². The Morgan fingerprint density at radius 1 is 1.24 bits per heavy atom. The highest BCUT2D eigenvalue weighted by atomic mass is 16.6. The summed E-state index contributed by atoms with van der Waals surface area (Å²) in [6.45, 7) is 0. The Morgan fingerprint density at radius 2 is 1.94 bits per heavy atom. The first-order chi connectivity index (χ1) is 7.99. The van der Waals surface area contributed by atoms with Crippen molar-refractivity contribution >= 4 is 16.6 Å². The van der Waals surface area contributed by atoms with E-state index in [4.69, 9.17) is 0 Å². The number of aromatic amines is 1. The maximum absolute atomic E-state index is 11.2. The summed E-state index contributed by atoms with van der Waals surface area (Å²) in [7, 11) is 0. The van der Waals surface area contributed by atoms with Crippen LogP contribution in [0.3, 0.4) is 0 Å². The fourth-order valence-electron chi connectivity index (χ4n) is 1.42. The van der Waals surface area contributed by atoms with Crippen LogP contribution in [0.2, 0.25) is 0 Å². The highest BCUT2D eigenvalue weighted by Crippen LogP contribution is 2.24. The van der Waals surface area contributed by atoms with Crippen LogP contribution in [0.15, 0.2) is 33.9 Å². The number of nitro groups is 1. The molecule has 0 aliphatic rings. The third-order valence-electron chi connectivity index (χ3n) is 2.23. The predicted molar refractivity (Wildman–Crippen MR) is 59.2 cm³/mol. The van der Waals surface area contributed by atoms with Crippen LogP contribution in [-0.2, 0) is 0 Å². The van der Waals surface area contributed by atoms with Gasteiger partial charge in [-0.3, -0.25) is 19.7 Å². The van der Waals surface area contributed by atoms with Gasteiger partial charge in [0.2, 0.25) is 5.43 Å². The van der Waals surface area contributed by atoms with Crippen molar-refractivity contribution in [2.24, 2.45) is 0 Å². The summed E-state index contributed by atoms with van der Waals surface area (Å²) in [4.78, 5) is 34.5. The summed E-state index contributed by atoms with van der Waals surface area (Å²) in [5.41, 5.74) is -1.90. The summed E-state index contributed by atoms with van der Waals surface area (Å²) >= 11 is 0. The second-order valence-electron chi connectivity index (χ2n) is 3.33. The van der Waals surface area contributed by atoms with Gasteiger partial charge in [0, 0.05) is 23.6 Å². The number of nitro benzene ring substituents is 1. The lowest BCUT2D eigenvalue weighted by Crippen LogP contribution is -2.22. The Kier molecular flexibility index (Phi) is 2.36. The lowest BCUT2D eigenvalue weighted by molar-refractivity contribution is -0.384. The number of fused-ring (bicyclic) bond motifs is 1. The normalized spacial score (nSPS) is 10.4. The Labute approximate surface area is 93.1 Å². The van der Waals surface area contributed by atoms with Crippen molar-refractivity contribution in [3.63, 3.8) is 0 Å². The Morgan fingerprint density at radius 3 is 2.59 bits per heavy atom. The number of rotatable bonds is 1. The number of aromatic hydroxyl groups is 1. The van der Waals surface area contributed by atoms with Gasteiger partial charge in [0.1, 0.15) is 5.75 Å². The van der Waals surface area contributed by atoms with E-state index < -0.39 is 21.7 Å². The van der Waals surface area contributed by atoms with Crippen LogP contribution in [-0.4, -0.2) is 15.0 Å². The van der Waals surface area contributed by atoms with Crippen LogP contribution in [0.5, 0.6) is 5.75 Å². The smallest absolute Gasteiger partial charge is 0.296 e. The van der Waals surface area contributed by atoms with Crippen LogP contribution in [0.1, 0.15) is 0 Å². The van der Waals surface area contributed by atoms with Gasteiger partial charge in [0.05, 0.1) is 10.4 Å². The molecule has 0 saturated heterocycles. The van der Waals surface area contributed by atoms with Gasteiger partial charge in [-0.1, -0.05) is 0 Å². The fourth-order valence-corrected chi connectivity index (χ4v) is 1.42. The van der Waals surface area contributed by atoms with Crippen molar-refractivity contribution in [3.8, 4) is 5.75 Å². The third kappa shape index (κ3) is 1.85. The molecule has 1 aromatic carbocycles. The van der Waals surface area contributed by atoms with Crippen molar-refractivity contribution in [2.45, 2.75) is 0 Å². The molecule has 17 heavy (non-hydrogen) atoms. The molecule has 0 spiro atoms. The van der Waals surface area contributed by atoms with Gasteiger partial charge < -0.3 is 10.1 Å². The molecule has 2 rings (SSSR count). The molecule has 0 aliphatic heterocycles. The maximum atomic E-state index is 11.2. The molecule has 1 aromatic heterocycles. The van der Waals surface area contributed by atoms with E-state index in [-0.39, 0.29) is 16.6 Å². The summed E-state index contributed by atoms with van der Waals surface area (Å²) in [6, 6.07) is 4.24. The number of H-pyrrole nitrogens is 1. The monoisotopic (exact) mass is 234 g/mol. The van der Waals surface area contributed by atoms with E-state index in [0.717, 1.165) is 12.1 Å². The molecule has 0 saturated carbocycles. The van der Waals surface area contributed by atoms with Crippen LogP contribution < -0.4 is 11.0 Å². The van der Waals surface area contributed by atoms with Crippen molar-refractivity contribution in [1.82, 2.24) is 4.98 Å². The summed E-state index contributed by atoms with van der Waals surface area (Å²) < 4.78 is 0. The molecule has 0 unspecified atom stereocenters. The molecular weight excluding hydrogens is 228 g/mol. The number of non-ortho nitro benzene ring substituents is 1. The number of hydrogen-bond donors (Lipinski definition) is 2. The molecule has 0 atom stereocenters. The van der Waals surface area contributed by atoms with Gasteiger partial charge in [-0.2, -0.15) is 0 Å². The average Bonchev–Trinajstić information content (AvgIpc) is 2.37. The van der Waals surface area contributed by atoms with Gasteiger partial charge in [-0.25, -0.2) is 0 Å². The van der Waals surface area contributed by atoms with Crippen molar-refractivity contribution < 1.29 is 10.0 Å². The number of nitrogens with zero attached hydrogens (tertiary/aromatic N) is 1. The van der Waals surface area contributed by atoms with Crippen LogP contribution >= 0.6 is 0 Å². The maximum Gasteiger partial charge on any atom is 0.296 e. The fraction of sp³-hybridized carbons (Fsp3) is 0. The van der Waals surface area contributed by atoms with E-state index in [9.17, 15) is 24.8 Å². The summed E-state index contributed by atoms with van der Waals surface area (Å²) in [6.07, 6.45) is 0. The first kappa shape index (κ1) is 10.8. The van der Waals surface area contributed by atoms with E-state index in [2.05, 4.69) is 4.98 Å². The molecule has 2 N–H and O–H groups in total. The number of benzene rings is 1. The molecule has 1 heterocycles. The van der Waals surface area contributed by atoms with Crippen molar-refractivity contribution in [3.05, 3.63) is 55.0 Å². The van der Waals surface area contributed by atoms with Gasteiger partial charge in [-0.15, -0.1) is 0 Å². The Bertz CT molecular complexity index is 735. The number of nitrogens with one attached hydrogen (secondary N) is 1. The zero-order chi connectivity index (χ0) is 12.6. The minimum atomic E-state index is -0.915. The van der Waals surface area contributed by atoms with Crippen LogP contribution in [0.25, 0.3) is 10.9 Å². The Hall–Kier alpha value is -2.70. The van der Waals surface area contributed by atoms with Crippen molar-refractivity contribution in [2.75, 3.05) is 0 Å².